The Morgan fingerprint density at radius 2 is 0.797 bits per heavy atom. The number of nitrogens with zero attached hydrogens (tertiary/aromatic N) is 4. The third kappa shape index (κ3) is 6.85. The first-order valence-corrected chi connectivity index (χ1v) is 22.3. The molecule has 10 aromatic carbocycles. The van der Waals surface area contributed by atoms with E-state index in [4.69, 9.17) is 15.0 Å². The smallest absolute Gasteiger partial charge is 0.164 e. The molecule has 12 rings (SSSR count). The Morgan fingerprint density at radius 3 is 1.48 bits per heavy atom. The van der Waals surface area contributed by atoms with E-state index >= 15 is 0 Å². The number of aromatic nitrogens is 3. The van der Waals surface area contributed by atoms with Gasteiger partial charge in [-0.05, 0) is 104 Å². The number of anilines is 3. The summed E-state index contributed by atoms with van der Waals surface area (Å²) in [7, 11) is 0. The van der Waals surface area contributed by atoms with E-state index < -0.39 is 0 Å². The highest BCUT2D eigenvalue weighted by Crippen LogP contribution is 2.46. The largest absolute Gasteiger partial charge is 0.311 e. The fourth-order valence-corrected chi connectivity index (χ4v) is 10.2. The zero-order chi connectivity index (χ0) is 42.4. The predicted molar refractivity (Wildman–Crippen MR) is 270 cm³/mol. The Bertz CT molecular complexity index is 3640. The van der Waals surface area contributed by atoms with Crippen LogP contribution in [0.4, 0.5) is 17.1 Å². The molecule has 2 heterocycles. The van der Waals surface area contributed by atoms with Crippen molar-refractivity contribution in [2.24, 2.45) is 0 Å². The van der Waals surface area contributed by atoms with Crippen molar-refractivity contribution in [3.05, 3.63) is 231 Å². The summed E-state index contributed by atoms with van der Waals surface area (Å²) < 4.78 is 2.54. The molecule has 4 nitrogen and oxygen atoms in total. The molecule has 64 heavy (non-hydrogen) atoms. The highest BCUT2D eigenvalue weighted by molar-refractivity contribution is 7.26. The van der Waals surface area contributed by atoms with E-state index in [-0.39, 0.29) is 0 Å². The van der Waals surface area contributed by atoms with Gasteiger partial charge < -0.3 is 4.90 Å². The summed E-state index contributed by atoms with van der Waals surface area (Å²) in [5.41, 5.74) is 10.9. The molecule has 300 valence electrons. The van der Waals surface area contributed by atoms with Gasteiger partial charge in [-0.15, -0.1) is 11.3 Å². The van der Waals surface area contributed by atoms with Gasteiger partial charge in [0.2, 0.25) is 0 Å². The van der Waals surface area contributed by atoms with Crippen molar-refractivity contribution in [3.8, 4) is 56.4 Å². The van der Waals surface area contributed by atoms with Crippen LogP contribution in [0.15, 0.2) is 231 Å². The summed E-state index contributed by atoms with van der Waals surface area (Å²) in [6.45, 7) is 0. The predicted octanol–water partition coefficient (Wildman–Crippen LogP) is 16.4. The van der Waals surface area contributed by atoms with Crippen LogP contribution >= 0.6 is 11.3 Å². The SMILES string of the molecule is c1ccc(-c2ccc(N(c3ccccc3)c3ccc(-c4cc5cc(-c6nc(-c7ccccc7)nc(-c7ccc8ccccc8c7)n6)ccc5c5sc6ccccc6c45)cc3)cc2)cc1. The van der Waals surface area contributed by atoms with E-state index in [0.717, 1.165) is 50.1 Å². The fourth-order valence-electron chi connectivity index (χ4n) is 8.91. The minimum atomic E-state index is 0.638. The minimum Gasteiger partial charge on any atom is -0.311 e. The standard InChI is InChI=1S/C59H38N4S/c1-4-14-39(15-5-1)41-26-31-49(32-27-41)63(48-20-8-3-9-21-48)50-33-28-42(29-34-50)53-38-47-37-46(30-35-51(47)56-55(53)52-22-12-13-23-54(52)64-56)59-61-57(43-17-6-2-7-18-43)60-58(62-59)45-25-24-40-16-10-11-19-44(40)36-45/h1-38H. The van der Waals surface area contributed by atoms with Crippen LogP contribution in [0.5, 0.6) is 0 Å². The highest BCUT2D eigenvalue weighted by atomic mass is 32.1. The van der Waals surface area contributed by atoms with Gasteiger partial charge in [-0.1, -0.05) is 170 Å². The van der Waals surface area contributed by atoms with Crippen molar-refractivity contribution >= 4 is 70.1 Å². The molecule has 5 heteroatoms. The van der Waals surface area contributed by atoms with Crippen molar-refractivity contribution in [3.63, 3.8) is 0 Å². The van der Waals surface area contributed by atoms with E-state index in [1.807, 2.05) is 29.5 Å². The molecule has 0 aliphatic rings. The van der Waals surface area contributed by atoms with Gasteiger partial charge in [-0.2, -0.15) is 0 Å². The zero-order valence-electron chi connectivity index (χ0n) is 34.6. The van der Waals surface area contributed by atoms with Crippen LogP contribution in [0.1, 0.15) is 0 Å². The average molecular weight is 835 g/mol. The minimum absolute atomic E-state index is 0.638. The van der Waals surface area contributed by atoms with Crippen molar-refractivity contribution in [1.29, 1.82) is 0 Å². The Hall–Kier alpha value is -8.25. The lowest BCUT2D eigenvalue weighted by Crippen LogP contribution is -2.09. The van der Waals surface area contributed by atoms with E-state index in [1.54, 1.807) is 0 Å². The Labute approximate surface area is 375 Å². The first-order valence-electron chi connectivity index (χ1n) is 21.5. The maximum absolute atomic E-state index is 5.16. The second-order valence-corrected chi connectivity index (χ2v) is 17.1. The Morgan fingerprint density at radius 1 is 0.312 bits per heavy atom. The van der Waals surface area contributed by atoms with Crippen LogP contribution in [0.2, 0.25) is 0 Å². The van der Waals surface area contributed by atoms with Crippen molar-refractivity contribution < 1.29 is 0 Å². The van der Waals surface area contributed by atoms with Gasteiger partial charge in [0.25, 0.3) is 0 Å². The van der Waals surface area contributed by atoms with Crippen molar-refractivity contribution in [2.75, 3.05) is 4.90 Å². The molecule has 0 saturated carbocycles. The van der Waals surface area contributed by atoms with Crippen LogP contribution in [0.3, 0.4) is 0 Å². The molecule has 0 spiro atoms. The van der Waals surface area contributed by atoms with Crippen molar-refractivity contribution in [2.45, 2.75) is 0 Å². The molecular weight excluding hydrogens is 797 g/mol. The summed E-state index contributed by atoms with van der Waals surface area (Å²) in [6, 6.07) is 81.8. The van der Waals surface area contributed by atoms with Gasteiger partial charge in [0, 0.05) is 53.9 Å². The monoisotopic (exact) mass is 834 g/mol. The molecule has 0 unspecified atom stereocenters. The maximum atomic E-state index is 5.16. The van der Waals surface area contributed by atoms with Crippen molar-refractivity contribution in [1.82, 2.24) is 15.0 Å². The Kier molecular flexibility index (Phi) is 9.32. The second-order valence-electron chi connectivity index (χ2n) is 16.0. The third-order valence-electron chi connectivity index (χ3n) is 12.1. The molecule has 0 aliphatic heterocycles. The van der Waals surface area contributed by atoms with Gasteiger partial charge in [0.05, 0.1) is 0 Å². The molecule has 0 N–H and O–H groups in total. The fraction of sp³-hybridized carbons (Fsp3) is 0. The summed E-state index contributed by atoms with van der Waals surface area (Å²) in [4.78, 5) is 17.6. The molecule has 0 aliphatic carbocycles. The second kappa shape index (κ2) is 15.9. The third-order valence-corrected chi connectivity index (χ3v) is 13.3. The quantitative estimate of drug-likeness (QED) is 0.153. The molecule has 12 aromatic rings. The number of para-hydroxylation sites is 1. The van der Waals surface area contributed by atoms with Gasteiger partial charge in [-0.3, -0.25) is 0 Å². The molecule has 0 amide bonds. The molecule has 0 fully saturated rings. The van der Waals surface area contributed by atoms with Crippen LogP contribution in [0, 0.1) is 0 Å². The molecule has 2 aromatic heterocycles. The lowest BCUT2D eigenvalue weighted by atomic mass is 9.94. The Balaban J connectivity index is 0.988. The number of rotatable bonds is 8. The molecule has 0 saturated heterocycles. The van der Waals surface area contributed by atoms with E-state index in [9.17, 15) is 0 Å². The normalized spacial score (nSPS) is 11.4. The van der Waals surface area contributed by atoms with Gasteiger partial charge in [-0.25, -0.2) is 15.0 Å². The number of thiophene rings is 1. The lowest BCUT2D eigenvalue weighted by Gasteiger charge is -2.26. The summed E-state index contributed by atoms with van der Waals surface area (Å²) in [5.74, 6) is 1.93. The topological polar surface area (TPSA) is 41.9 Å². The van der Waals surface area contributed by atoms with Gasteiger partial charge >= 0.3 is 0 Å². The number of hydrogen-bond donors (Lipinski definition) is 0. The summed E-state index contributed by atoms with van der Waals surface area (Å²) in [5, 5.41) is 7.21. The van der Waals surface area contributed by atoms with Crippen LogP contribution in [-0.2, 0) is 0 Å². The number of hydrogen-bond acceptors (Lipinski definition) is 5. The van der Waals surface area contributed by atoms with Crippen LogP contribution < -0.4 is 4.90 Å². The first-order chi connectivity index (χ1) is 31.7. The number of benzene rings is 10. The lowest BCUT2D eigenvalue weighted by molar-refractivity contribution is 1.08. The highest BCUT2D eigenvalue weighted by Gasteiger charge is 2.19. The molecule has 0 atom stereocenters. The van der Waals surface area contributed by atoms with E-state index in [0.29, 0.717) is 17.5 Å². The molecule has 0 bridgehead atoms. The maximum Gasteiger partial charge on any atom is 0.164 e. The summed E-state index contributed by atoms with van der Waals surface area (Å²) >= 11 is 1.85. The van der Waals surface area contributed by atoms with Crippen LogP contribution in [0.25, 0.3) is 98.1 Å². The van der Waals surface area contributed by atoms with E-state index in [2.05, 4.69) is 217 Å². The molecule has 0 radical (unpaired) electrons. The summed E-state index contributed by atoms with van der Waals surface area (Å²) in [6.07, 6.45) is 0. The first kappa shape index (κ1) is 37.5. The van der Waals surface area contributed by atoms with Crippen LogP contribution in [-0.4, -0.2) is 15.0 Å². The molecular formula is C59H38N4S. The van der Waals surface area contributed by atoms with Gasteiger partial charge in [0.15, 0.2) is 17.5 Å². The van der Waals surface area contributed by atoms with E-state index in [1.165, 1.54) is 47.6 Å². The number of fused-ring (bicyclic) bond motifs is 6. The zero-order valence-corrected chi connectivity index (χ0v) is 35.5. The average Bonchev–Trinajstić information content (AvgIpc) is 3.77. The van der Waals surface area contributed by atoms with Gasteiger partial charge in [0.1, 0.15) is 0 Å².